The van der Waals surface area contributed by atoms with Crippen LogP contribution in [-0.4, -0.2) is 21.4 Å². The first-order valence-electron chi connectivity index (χ1n) is 7.40. The monoisotopic (exact) mass is 369 g/mol. The molecule has 2 heterocycles. The number of halogens is 1. The molecule has 0 fully saturated rings. The molecule has 7 heteroatoms. The molecule has 0 unspecified atom stereocenters. The lowest BCUT2D eigenvalue weighted by Crippen LogP contribution is -1.89. The maximum atomic E-state index is 10.1. The first kappa shape index (κ1) is 15.7. The number of fused-ring (bicyclic) bond motifs is 1. The van der Waals surface area contributed by atoms with Crippen LogP contribution >= 0.6 is 22.9 Å². The molecule has 5 nitrogen and oxygen atoms in total. The highest BCUT2D eigenvalue weighted by Crippen LogP contribution is 2.38. The Labute approximate surface area is 152 Å². The summed E-state index contributed by atoms with van der Waals surface area (Å²) in [4.78, 5) is 9.04. The average Bonchev–Trinajstić information content (AvgIpc) is 3.16. The van der Waals surface area contributed by atoms with Gasteiger partial charge in [-0.15, -0.1) is 0 Å². The van der Waals surface area contributed by atoms with Crippen LogP contribution in [0.2, 0.25) is 5.02 Å². The molecule has 4 rings (SSSR count). The van der Waals surface area contributed by atoms with Crippen molar-refractivity contribution < 1.29 is 10.2 Å². The number of allylic oxidation sites excluding steroid dienone is 1. The third-order valence-corrected chi connectivity index (χ3v) is 4.82. The number of rotatable bonds is 3. The van der Waals surface area contributed by atoms with E-state index in [2.05, 4.69) is 15.3 Å². The summed E-state index contributed by atoms with van der Waals surface area (Å²) < 4.78 is 0. The van der Waals surface area contributed by atoms with E-state index >= 15 is 0 Å². The normalized spacial score (nSPS) is 14.0. The lowest BCUT2D eigenvalue weighted by molar-refractivity contribution is 0.456. The Morgan fingerprint density at radius 3 is 2.84 bits per heavy atom. The zero-order valence-electron chi connectivity index (χ0n) is 12.8. The summed E-state index contributed by atoms with van der Waals surface area (Å²) in [6, 6.07) is 12.5. The number of nitrogens with zero attached hydrogens (tertiary/aromatic N) is 2. The molecule has 0 spiro atoms. The van der Waals surface area contributed by atoms with Crippen molar-refractivity contribution in [1.82, 2.24) is 4.98 Å². The van der Waals surface area contributed by atoms with E-state index in [0.29, 0.717) is 20.7 Å². The minimum atomic E-state index is -0.0840. The zero-order chi connectivity index (χ0) is 17.4. The van der Waals surface area contributed by atoms with Gasteiger partial charge in [-0.2, -0.15) is 4.98 Å². The number of benzene rings is 2. The second-order valence-corrected chi connectivity index (χ2v) is 6.84. The summed E-state index contributed by atoms with van der Waals surface area (Å²) in [6.07, 6.45) is 3.60. The van der Waals surface area contributed by atoms with Gasteiger partial charge >= 0.3 is 0 Å². The van der Waals surface area contributed by atoms with Gasteiger partial charge < -0.3 is 15.5 Å². The van der Waals surface area contributed by atoms with Gasteiger partial charge in [-0.25, -0.2) is 0 Å². The van der Waals surface area contributed by atoms with Crippen LogP contribution < -0.4 is 5.32 Å². The summed E-state index contributed by atoms with van der Waals surface area (Å²) in [5.41, 5.74) is 3.25. The summed E-state index contributed by atoms with van der Waals surface area (Å²) in [5, 5.41) is 23.9. The molecule has 0 radical (unpaired) electrons. The van der Waals surface area contributed by atoms with Gasteiger partial charge in [0.2, 0.25) is 5.88 Å². The van der Waals surface area contributed by atoms with Crippen molar-refractivity contribution in [3.8, 4) is 11.6 Å². The van der Waals surface area contributed by atoms with Crippen LogP contribution in [0.25, 0.3) is 11.6 Å². The minimum absolute atomic E-state index is 0.0517. The first-order valence-corrected chi connectivity index (χ1v) is 8.60. The number of aromatic hydroxyl groups is 2. The number of phenolic OH excluding ortho intramolecular Hbond substituents is 1. The molecule has 2 aromatic carbocycles. The molecule has 0 aliphatic carbocycles. The molecular weight excluding hydrogens is 358 g/mol. The molecule has 3 N–H and O–H groups in total. The van der Waals surface area contributed by atoms with Crippen LogP contribution in [0.5, 0.6) is 11.6 Å². The van der Waals surface area contributed by atoms with E-state index < -0.39 is 0 Å². The van der Waals surface area contributed by atoms with Crippen molar-refractivity contribution in [1.29, 1.82) is 0 Å². The van der Waals surface area contributed by atoms with Crippen molar-refractivity contribution >= 4 is 57.3 Å². The second kappa shape index (κ2) is 6.23. The molecule has 0 bridgehead atoms. The van der Waals surface area contributed by atoms with Crippen LogP contribution in [0.4, 0.5) is 16.5 Å². The molecular formula is C18H12ClN3O2S. The molecule has 25 heavy (non-hydrogen) atoms. The van der Waals surface area contributed by atoms with E-state index in [-0.39, 0.29) is 11.6 Å². The van der Waals surface area contributed by atoms with Crippen LogP contribution in [0.3, 0.4) is 0 Å². The van der Waals surface area contributed by atoms with Gasteiger partial charge in [-0.3, -0.25) is 4.99 Å². The largest absolute Gasteiger partial charge is 0.506 e. The molecule has 124 valence electrons. The van der Waals surface area contributed by atoms with Crippen molar-refractivity contribution in [2.24, 2.45) is 4.99 Å². The fraction of sp³-hybridized carbons (Fsp3) is 0. The van der Waals surface area contributed by atoms with Crippen LogP contribution in [0, 0.1) is 0 Å². The maximum absolute atomic E-state index is 10.1. The van der Waals surface area contributed by atoms with Crippen molar-refractivity contribution in [2.45, 2.75) is 0 Å². The molecule has 1 aromatic heterocycles. The van der Waals surface area contributed by atoms with Gasteiger partial charge in [0, 0.05) is 22.4 Å². The number of hydrogen-bond acceptors (Lipinski definition) is 6. The lowest BCUT2D eigenvalue weighted by atomic mass is 10.1. The molecule has 3 aromatic rings. The van der Waals surface area contributed by atoms with E-state index in [9.17, 15) is 10.2 Å². The number of aromatic nitrogens is 1. The van der Waals surface area contributed by atoms with Gasteiger partial charge in [0.15, 0.2) is 5.13 Å². The topological polar surface area (TPSA) is 77.7 Å². The summed E-state index contributed by atoms with van der Waals surface area (Å²) in [6.45, 7) is 0. The number of anilines is 2. The molecule has 0 saturated heterocycles. The highest BCUT2D eigenvalue weighted by molar-refractivity contribution is 7.16. The van der Waals surface area contributed by atoms with E-state index in [0.717, 1.165) is 16.8 Å². The zero-order valence-corrected chi connectivity index (χ0v) is 14.3. The van der Waals surface area contributed by atoms with Crippen molar-refractivity contribution in [3.63, 3.8) is 0 Å². The first-order chi connectivity index (χ1) is 12.1. The lowest BCUT2D eigenvalue weighted by Gasteiger charge is -2.05. The summed E-state index contributed by atoms with van der Waals surface area (Å²) >= 11 is 7.21. The molecule has 0 saturated carbocycles. The quantitative estimate of drug-likeness (QED) is 0.554. The predicted octanol–water partition coefficient (Wildman–Crippen LogP) is 5.21. The third kappa shape index (κ3) is 3.09. The van der Waals surface area contributed by atoms with Crippen LogP contribution in [0.1, 0.15) is 10.4 Å². The molecule has 0 amide bonds. The molecule has 1 aliphatic rings. The second-order valence-electron chi connectivity index (χ2n) is 5.37. The number of aliphatic imine (C=N–C) groups is 1. The predicted molar refractivity (Wildman–Crippen MR) is 103 cm³/mol. The van der Waals surface area contributed by atoms with Gasteiger partial charge in [0.1, 0.15) is 5.75 Å². The summed E-state index contributed by atoms with van der Waals surface area (Å²) in [5.74, 6) is -0.0323. The van der Waals surface area contributed by atoms with Crippen molar-refractivity contribution in [2.75, 3.05) is 5.32 Å². The average molecular weight is 370 g/mol. The molecule has 1 aliphatic heterocycles. The van der Waals surface area contributed by atoms with Crippen LogP contribution in [0.15, 0.2) is 47.5 Å². The van der Waals surface area contributed by atoms with Gasteiger partial charge in [-0.05, 0) is 30.3 Å². The SMILES string of the molecule is Oc1ccc(Cl)cc1Nc1nc(O)c(/C=C2\C=Nc3ccccc32)s1. The van der Waals surface area contributed by atoms with E-state index in [1.54, 1.807) is 18.3 Å². The Balaban J connectivity index is 1.65. The van der Waals surface area contributed by atoms with Crippen molar-refractivity contribution in [3.05, 3.63) is 57.9 Å². The number of hydrogen-bond donors (Lipinski definition) is 3. The maximum Gasteiger partial charge on any atom is 0.231 e. The van der Waals surface area contributed by atoms with E-state index in [4.69, 9.17) is 11.6 Å². The summed E-state index contributed by atoms with van der Waals surface area (Å²) in [7, 11) is 0. The van der Waals surface area contributed by atoms with E-state index in [1.165, 1.54) is 17.4 Å². The van der Waals surface area contributed by atoms with Gasteiger partial charge in [0.05, 0.1) is 16.3 Å². The van der Waals surface area contributed by atoms with Crippen LogP contribution in [-0.2, 0) is 0 Å². The third-order valence-electron chi connectivity index (χ3n) is 3.68. The Bertz CT molecular complexity index is 1030. The Morgan fingerprint density at radius 2 is 1.96 bits per heavy atom. The smallest absolute Gasteiger partial charge is 0.231 e. The number of para-hydroxylation sites is 1. The Morgan fingerprint density at radius 1 is 1.12 bits per heavy atom. The number of nitrogens with one attached hydrogen (secondary N) is 1. The highest BCUT2D eigenvalue weighted by Gasteiger charge is 2.15. The van der Waals surface area contributed by atoms with Gasteiger partial charge in [-0.1, -0.05) is 41.1 Å². The minimum Gasteiger partial charge on any atom is -0.506 e. The Hall–Kier alpha value is -2.83. The number of phenols is 1. The standard InChI is InChI=1S/C18H12ClN3O2S/c19-11-5-6-15(23)14(8-11)21-18-22-17(24)16(25-18)7-10-9-20-13-4-2-1-3-12(10)13/h1-9,23-24H,(H,21,22)/b10-7+. The molecule has 0 atom stereocenters. The fourth-order valence-electron chi connectivity index (χ4n) is 2.49. The highest BCUT2D eigenvalue weighted by atomic mass is 35.5. The number of thiazole rings is 1. The Kier molecular flexibility index (Phi) is 3.91. The fourth-order valence-corrected chi connectivity index (χ4v) is 3.49. The van der Waals surface area contributed by atoms with E-state index in [1.807, 2.05) is 30.3 Å². The van der Waals surface area contributed by atoms with Gasteiger partial charge in [0.25, 0.3) is 0 Å².